The van der Waals surface area contributed by atoms with Crippen molar-refractivity contribution >= 4 is 15.7 Å². The van der Waals surface area contributed by atoms with Gasteiger partial charge in [-0.1, -0.05) is 27.2 Å². The molecular weight excluding hydrogens is 267 g/mol. The van der Waals surface area contributed by atoms with Crippen molar-refractivity contribution in [3.63, 3.8) is 0 Å². The molecule has 19 heavy (non-hydrogen) atoms. The first-order valence-electron chi connectivity index (χ1n) is 6.37. The lowest BCUT2D eigenvalue weighted by Crippen LogP contribution is -2.34. The molecule has 4 nitrogen and oxygen atoms in total. The zero-order valence-corrected chi connectivity index (χ0v) is 12.4. The van der Waals surface area contributed by atoms with Crippen LogP contribution in [0.1, 0.15) is 27.2 Å². The molecule has 0 spiro atoms. The maximum atomic E-state index is 13.3. The Balaban J connectivity index is 3.13. The molecule has 0 amide bonds. The molecule has 108 valence electrons. The molecule has 0 radical (unpaired) electrons. The van der Waals surface area contributed by atoms with E-state index in [0.29, 0.717) is 13.1 Å². The van der Waals surface area contributed by atoms with Gasteiger partial charge in [-0.25, -0.2) is 12.8 Å². The number of nitrogen functional groups attached to an aromatic ring is 1. The molecule has 0 saturated heterocycles. The monoisotopic (exact) mass is 288 g/mol. The molecule has 0 saturated carbocycles. The number of benzene rings is 1. The molecule has 0 aromatic heterocycles. The number of nitrogens with zero attached hydrogens (tertiary/aromatic N) is 1. The van der Waals surface area contributed by atoms with Crippen molar-refractivity contribution < 1.29 is 12.8 Å². The van der Waals surface area contributed by atoms with E-state index in [1.165, 1.54) is 10.4 Å². The van der Waals surface area contributed by atoms with Crippen LogP contribution in [0, 0.1) is 11.7 Å². The predicted octanol–water partition coefficient (Wildman–Crippen LogP) is 2.46. The Bertz CT molecular complexity index is 511. The van der Waals surface area contributed by atoms with Crippen molar-refractivity contribution in [2.75, 3.05) is 18.8 Å². The fourth-order valence-electron chi connectivity index (χ4n) is 1.76. The highest BCUT2D eigenvalue weighted by Crippen LogP contribution is 2.21. The van der Waals surface area contributed by atoms with Crippen LogP contribution in [0.5, 0.6) is 0 Å². The second kappa shape index (κ2) is 6.34. The summed E-state index contributed by atoms with van der Waals surface area (Å²) in [4.78, 5) is -0.0878. The van der Waals surface area contributed by atoms with E-state index in [2.05, 4.69) is 0 Å². The van der Waals surface area contributed by atoms with Crippen molar-refractivity contribution in [3.8, 4) is 0 Å². The summed E-state index contributed by atoms with van der Waals surface area (Å²) < 4.78 is 39.5. The minimum Gasteiger partial charge on any atom is -0.399 e. The molecule has 1 unspecified atom stereocenters. The van der Waals surface area contributed by atoms with Gasteiger partial charge in [0, 0.05) is 18.8 Å². The van der Waals surface area contributed by atoms with Crippen LogP contribution in [-0.4, -0.2) is 25.8 Å². The summed E-state index contributed by atoms with van der Waals surface area (Å²) in [6.45, 7) is 6.53. The number of halogens is 1. The molecule has 0 aliphatic heterocycles. The van der Waals surface area contributed by atoms with Crippen molar-refractivity contribution in [3.05, 3.63) is 24.0 Å². The van der Waals surface area contributed by atoms with Crippen LogP contribution in [0.2, 0.25) is 0 Å². The molecule has 1 atom stereocenters. The van der Waals surface area contributed by atoms with E-state index in [9.17, 15) is 12.8 Å². The fraction of sp³-hybridized carbons (Fsp3) is 0.538. The van der Waals surface area contributed by atoms with Gasteiger partial charge in [-0.15, -0.1) is 0 Å². The fourth-order valence-corrected chi connectivity index (χ4v) is 3.39. The minimum atomic E-state index is -3.69. The summed E-state index contributed by atoms with van der Waals surface area (Å²) in [7, 11) is -3.69. The maximum Gasteiger partial charge on any atom is 0.243 e. The Kier molecular flexibility index (Phi) is 5.31. The Morgan fingerprint density at radius 2 is 1.95 bits per heavy atom. The maximum absolute atomic E-state index is 13.3. The molecule has 6 heteroatoms. The summed E-state index contributed by atoms with van der Waals surface area (Å²) >= 11 is 0. The lowest BCUT2D eigenvalue weighted by Gasteiger charge is -2.23. The van der Waals surface area contributed by atoms with E-state index in [4.69, 9.17) is 5.73 Å². The standard InChI is InChI=1S/C13H21FN2O2S/c1-4-10(3)9-16(5-2)19(17,18)13-7-11(14)6-12(15)8-13/h6-8,10H,4-5,9,15H2,1-3H3. The molecule has 1 rings (SSSR count). The van der Waals surface area contributed by atoms with Gasteiger partial charge in [0.05, 0.1) is 4.90 Å². The average Bonchev–Trinajstić information content (AvgIpc) is 2.34. The predicted molar refractivity (Wildman–Crippen MR) is 74.7 cm³/mol. The molecule has 1 aromatic rings. The molecule has 0 aliphatic carbocycles. The second-order valence-corrected chi connectivity index (χ2v) is 6.63. The van der Waals surface area contributed by atoms with Crippen molar-refractivity contribution in [1.82, 2.24) is 4.31 Å². The summed E-state index contributed by atoms with van der Waals surface area (Å²) in [5.41, 5.74) is 5.61. The topological polar surface area (TPSA) is 63.4 Å². The van der Waals surface area contributed by atoms with Crippen molar-refractivity contribution in [2.24, 2.45) is 5.92 Å². The van der Waals surface area contributed by atoms with Crippen LogP contribution in [0.25, 0.3) is 0 Å². The van der Waals surface area contributed by atoms with Gasteiger partial charge in [0.15, 0.2) is 0 Å². The molecule has 2 N–H and O–H groups in total. The molecular formula is C13H21FN2O2S. The molecule has 1 aromatic carbocycles. The summed E-state index contributed by atoms with van der Waals surface area (Å²) in [5, 5.41) is 0. The number of hydrogen-bond acceptors (Lipinski definition) is 3. The number of anilines is 1. The zero-order valence-electron chi connectivity index (χ0n) is 11.6. The van der Waals surface area contributed by atoms with Crippen LogP contribution in [0.4, 0.5) is 10.1 Å². The van der Waals surface area contributed by atoms with Gasteiger partial charge in [-0.3, -0.25) is 0 Å². The molecule has 0 bridgehead atoms. The van der Waals surface area contributed by atoms with Gasteiger partial charge in [0.1, 0.15) is 5.82 Å². The Labute approximate surface area is 114 Å². The third kappa shape index (κ3) is 3.91. The Morgan fingerprint density at radius 1 is 1.32 bits per heavy atom. The third-order valence-electron chi connectivity index (χ3n) is 3.10. The Morgan fingerprint density at radius 3 is 2.42 bits per heavy atom. The van der Waals surface area contributed by atoms with Crippen LogP contribution in [0.3, 0.4) is 0 Å². The van der Waals surface area contributed by atoms with Gasteiger partial charge in [-0.05, 0) is 24.1 Å². The first kappa shape index (κ1) is 15.9. The first-order chi connectivity index (χ1) is 8.81. The lowest BCUT2D eigenvalue weighted by molar-refractivity contribution is 0.361. The molecule has 0 aliphatic rings. The highest BCUT2D eigenvalue weighted by molar-refractivity contribution is 7.89. The number of sulfonamides is 1. The molecule has 0 fully saturated rings. The number of nitrogens with two attached hydrogens (primary N) is 1. The van der Waals surface area contributed by atoms with Crippen LogP contribution in [-0.2, 0) is 10.0 Å². The first-order valence-corrected chi connectivity index (χ1v) is 7.81. The Hall–Kier alpha value is -1.14. The number of hydrogen-bond donors (Lipinski definition) is 1. The van der Waals surface area contributed by atoms with Gasteiger partial charge in [-0.2, -0.15) is 4.31 Å². The van der Waals surface area contributed by atoms with Crippen LogP contribution >= 0.6 is 0 Å². The largest absolute Gasteiger partial charge is 0.399 e. The van der Waals surface area contributed by atoms with E-state index in [1.807, 2.05) is 13.8 Å². The van der Waals surface area contributed by atoms with E-state index in [-0.39, 0.29) is 16.5 Å². The van der Waals surface area contributed by atoms with E-state index < -0.39 is 15.8 Å². The van der Waals surface area contributed by atoms with Gasteiger partial charge in [0.25, 0.3) is 0 Å². The zero-order chi connectivity index (χ0) is 14.6. The van der Waals surface area contributed by atoms with Crippen LogP contribution < -0.4 is 5.73 Å². The van der Waals surface area contributed by atoms with E-state index >= 15 is 0 Å². The highest BCUT2D eigenvalue weighted by atomic mass is 32.2. The third-order valence-corrected chi connectivity index (χ3v) is 5.01. The SMILES string of the molecule is CCC(C)CN(CC)S(=O)(=O)c1cc(N)cc(F)c1. The van der Waals surface area contributed by atoms with Gasteiger partial charge < -0.3 is 5.73 Å². The lowest BCUT2D eigenvalue weighted by atomic mass is 10.1. The summed E-state index contributed by atoms with van der Waals surface area (Å²) in [6, 6.07) is 3.40. The van der Waals surface area contributed by atoms with E-state index in [0.717, 1.165) is 18.6 Å². The minimum absolute atomic E-state index is 0.0878. The van der Waals surface area contributed by atoms with Crippen molar-refractivity contribution in [2.45, 2.75) is 32.1 Å². The van der Waals surface area contributed by atoms with E-state index in [1.54, 1.807) is 6.92 Å². The van der Waals surface area contributed by atoms with Gasteiger partial charge >= 0.3 is 0 Å². The van der Waals surface area contributed by atoms with Gasteiger partial charge in [0.2, 0.25) is 10.0 Å². The smallest absolute Gasteiger partial charge is 0.243 e. The quantitative estimate of drug-likeness (QED) is 0.818. The molecule has 0 heterocycles. The summed E-state index contributed by atoms with van der Waals surface area (Å²) in [5.74, 6) is -0.390. The van der Waals surface area contributed by atoms with Crippen molar-refractivity contribution in [1.29, 1.82) is 0 Å². The highest BCUT2D eigenvalue weighted by Gasteiger charge is 2.25. The summed E-state index contributed by atoms with van der Waals surface area (Å²) in [6.07, 6.45) is 0.886. The second-order valence-electron chi connectivity index (χ2n) is 4.69. The number of rotatable bonds is 6. The van der Waals surface area contributed by atoms with Crippen LogP contribution in [0.15, 0.2) is 23.1 Å². The average molecular weight is 288 g/mol. The normalized spacial score (nSPS) is 13.7.